The number of anilines is 1. The number of benzene rings is 1. The molecule has 1 aromatic carbocycles. The molecule has 37 heavy (non-hydrogen) atoms. The molecule has 1 aromatic heterocycles. The third kappa shape index (κ3) is 5.91. The second-order valence-corrected chi connectivity index (χ2v) is 11.7. The second kappa shape index (κ2) is 9.66. The number of halogens is 3. The number of alkyl halides is 3. The molecule has 1 fully saturated rings. The molecule has 2 aromatic rings. The molecule has 9 nitrogen and oxygen atoms in total. The average molecular weight is 543 g/mol. The van der Waals surface area contributed by atoms with Crippen molar-refractivity contribution in [2.45, 2.75) is 70.7 Å². The van der Waals surface area contributed by atoms with E-state index >= 15 is 0 Å². The molecule has 0 saturated carbocycles. The average Bonchev–Trinajstić information content (AvgIpc) is 3.27. The Morgan fingerprint density at radius 1 is 1.08 bits per heavy atom. The Morgan fingerprint density at radius 2 is 1.76 bits per heavy atom. The van der Waals surface area contributed by atoms with Gasteiger partial charge in [0.1, 0.15) is 5.60 Å². The maximum absolute atomic E-state index is 13.2. The van der Waals surface area contributed by atoms with Crippen molar-refractivity contribution in [1.29, 1.82) is 0 Å². The van der Waals surface area contributed by atoms with Crippen LogP contribution in [0.4, 0.5) is 23.9 Å². The topological polar surface area (TPSA) is 102 Å². The Bertz CT molecular complexity index is 1280. The largest absolute Gasteiger partial charge is 0.534 e. The lowest BCUT2D eigenvalue weighted by molar-refractivity contribution is -0.0502. The summed E-state index contributed by atoms with van der Waals surface area (Å²) in [6.45, 7) is 7.48. The molecule has 0 radical (unpaired) electrons. The molecule has 1 saturated heterocycles. The summed E-state index contributed by atoms with van der Waals surface area (Å²) in [6, 6.07) is 7.75. The van der Waals surface area contributed by atoms with Crippen molar-refractivity contribution in [1.82, 2.24) is 14.9 Å². The molecule has 4 rings (SSSR count). The fourth-order valence-corrected chi connectivity index (χ4v) is 4.78. The molecule has 2 aliphatic rings. The minimum absolute atomic E-state index is 0.000216. The first-order valence-corrected chi connectivity index (χ1v) is 13.3. The van der Waals surface area contributed by atoms with E-state index in [2.05, 4.69) is 14.2 Å². The number of ether oxygens (including phenoxy) is 1. The number of aryl methyl sites for hydroxylation is 1. The van der Waals surface area contributed by atoms with Crippen LogP contribution in [0.2, 0.25) is 0 Å². The van der Waals surface area contributed by atoms with Gasteiger partial charge >= 0.3 is 21.7 Å². The highest BCUT2D eigenvalue weighted by Crippen LogP contribution is 2.38. The van der Waals surface area contributed by atoms with E-state index < -0.39 is 33.2 Å². The zero-order valence-corrected chi connectivity index (χ0v) is 21.8. The van der Waals surface area contributed by atoms with Gasteiger partial charge in [-0.3, -0.25) is 0 Å². The highest BCUT2D eigenvalue weighted by Gasteiger charge is 2.49. The van der Waals surface area contributed by atoms with Gasteiger partial charge < -0.3 is 18.7 Å². The van der Waals surface area contributed by atoms with Gasteiger partial charge in [0.15, 0.2) is 0 Å². The summed E-state index contributed by atoms with van der Waals surface area (Å²) in [5.74, 6) is -0.653. The molecule has 13 heteroatoms. The van der Waals surface area contributed by atoms with Crippen molar-refractivity contribution in [2.75, 3.05) is 18.0 Å². The Kier molecular flexibility index (Phi) is 7.04. The standard InChI is InChI=1S/C24H29F3N4O5S/c1-15-7-9-16(10-8-15)19-6-5-12-31(19)21-28-18-11-13-30(22(32)35-23(2,3)4)14-17(18)20(29-21)36-37(33,34)24(25,26)27/h7-10,19H,5-6,11-14H2,1-4H3/t19-/m0/s1. The molecule has 1 amide bonds. The van der Waals surface area contributed by atoms with Crippen molar-refractivity contribution in [2.24, 2.45) is 0 Å². The van der Waals surface area contributed by atoms with Crippen LogP contribution in [0.15, 0.2) is 24.3 Å². The maximum Gasteiger partial charge on any atom is 0.534 e. The Hall–Kier alpha value is -3.09. The summed E-state index contributed by atoms with van der Waals surface area (Å²) in [5, 5.41) is 0. The quantitative estimate of drug-likeness (QED) is 0.407. The van der Waals surface area contributed by atoms with E-state index in [4.69, 9.17) is 4.74 Å². The van der Waals surface area contributed by atoms with Gasteiger partial charge in [-0.15, -0.1) is 0 Å². The number of carbonyl (C=O) groups is 1. The number of fused-ring (bicyclic) bond motifs is 1. The van der Waals surface area contributed by atoms with Crippen molar-refractivity contribution in [3.05, 3.63) is 46.6 Å². The third-order valence-electron chi connectivity index (χ3n) is 6.11. The van der Waals surface area contributed by atoms with Crippen LogP contribution in [-0.4, -0.2) is 53.6 Å². The van der Waals surface area contributed by atoms with Crippen LogP contribution in [0.3, 0.4) is 0 Å². The summed E-state index contributed by atoms with van der Waals surface area (Å²) in [4.78, 5) is 24.5. The van der Waals surface area contributed by atoms with Crippen molar-refractivity contribution in [3.63, 3.8) is 0 Å². The predicted octanol–water partition coefficient (Wildman–Crippen LogP) is 4.65. The molecule has 3 heterocycles. The lowest BCUT2D eigenvalue weighted by Crippen LogP contribution is -2.41. The Morgan fingerprint density at radius 3 is 2.38 bits per heavy atom. The zero-order valence-electron chi connectivity index (χ0n) is 21.0. The van der Waals surface area contributed by atoms with Crippen LogP contribution in [-0.2, 0) is 27.8 Å². The van der Waals surface area contributed by atoms with Crippen molar-refractivity contribution < 1.29 is 35.3 Å². The van der Waals surface area contributed by atoms with E-state index in [1.54, 1.807) is 20.8 Å². The Balaban J connectivity index is 1.73. The summed E-state index contributed by atoms with van der Waals surface area (Å²) >= 11 is 0. The molecule has 202 valence electrons. The number of nitrogens with zero attached hydrogens (tertiary/aromatic N) is 4. The zero-order chi connectivity index (χ0) is 27.2. The molecule has 1 atom stereocenters. The number of rotatable bonds is 4. The number of amides is 1. The lowest BCUT2D eigenvalue weighted by Gasteiger charge is -2.32. The van der Waals surface area contributed by atoms with Gasteiger partial charge in [0.2, 0.25) is 11.8 Å². The maximum atomic E-state index is 13.2. The van der Waals surface area contributed by atoms with Gasteiger partial charge in [0, 0.05) is 19.5 Å². The summed E-state index contributed by atoms with van der Waals surface area (Å²) in [7, 11) is -6.01. The van der Waals surface area contributed by atoms with Gasteiger partial charge in [0.05, 0.1) is 23.8 Å². The van der Waals surface area contributed by atoms with Crippen LogP contribution < -0.4 is 9.08 Å². The second-order valence-electron chi connectivity index (χ2n) is 10.2. The molecule has 0 unspecified atom stereocenters. The van der Waals surface area contributed by atoms with E-state index in [-0.39, 0.29) is 37.1 Å². The molecule has 0 spiro atoms. The predicted molar refractivity (Wildman–Crippen MR) is 128 cm³/mol. The lowest BCUT2D eigenvalue weighted by atomic mass is 10.0. The summed E-state index contributed by atoms with van der Waals surface area (Å²) in [5.41, 5.74) is -4.04. The van der Waals surface area contributed by atoms with Gasteiger partial charge in [-0.1, -0.05) is 29.8 Å². The van der Waals surface area contributed by atoms with Gasteiger partial charge in [-0.25, -0.2) is 9.78 Å². The van der Waals surface area contributed by atoms with Crippen LogP contribution in [0.25, 0.3) is 0 Å². The van der Waals surface area contributed by atoms with E-state index in [0.717, 1.165) is 24.0 Å². The first kappa shape index (κ1) is 27.0. The van der Waals surface area contributed by atoms with E-state index in [1.807, 2.05) is 36.1 Å². The number of hydrogen-bond donors (Lipinski definition) is 0. The normalized spacial score (nSPS) is 18.5. The molecule has 0 bridgehead atoms. The first-order chi connectivity index (χ1) is 17.1. The number of aromatic nitrogens is 2. The molecule has 0 N–H and O–H groups in total. The highest BCUT2D eigenvalue weighted by atomic mass is 32.2. The number of hydrogen-bond acceptors (Lipinski definition) is 8. The summed E-state index contributed by atoms with van der Waals surface area (Å²) in [6.07, 6.45) is 1.04. The minimum Gasteiger partial charge on any atom is -0.444 e. The highest BCUT2D eigenvalue weighted by molar-refractivity contribution is 7.87. The Labute approximate surface area is 213 Å². The van der Waals surface area contributed by atoms with Crippen LogP contribution >= 0.6 is 0 Å². The fourth-order valence-electron chi connectivity index (χ4n) is 4.34. The van der Waals surface area contributed by atoms with Crippen LogP contribution in [0.5, 0.6) is 5.88 Å². The van der Waals surface area contributed by atoms with Crippen LogP contribution in [0.1, 0.15) is 62.0 Å². The number of carbonyl (C=O) groups excluding carboxylic acids is 1. The van der Waals surface area contributed by atoms with E-state index in [1.165, 1.54) is 4.90 Å². The summed E-state index contributed by atoms with van der Waals surface area (Å²) < 4.78 is 73.4. The molecule has 0 aliphatic carbocycles. The molecule has 2 aliphatic heterocycles. The van der Waals surface area contributed by atoms with Gasteiger partial charge in [-0.2, -0.15) is 26.6 Å². The third-order valence-corrected chi connectivity index (χ3v) is 7.05. The fraction of sp³-hybridized carbons (Fsp3) is 0.542. The van der Waals surface area contributed by atoms with Crippen molar-refractivity contribution >= 4 is 22.2 Å². The SMILES string of the molecule is Cc1ccc([C@@H]2CCCN2c2nc3c(c(OS(=O)(=O)C(F)(F)F)n2)CN(C(=O)OC(C)(C)C)CC3)cc1. The smallest absolute Gasteiger partial charge is 0.444 e. The first-order valence-electron chi connectivity index (χ1n) is 11.9. The van der Waals surface area contributed by atoms with E-state index in [9.17, 15) is 26.4 Å². The monoisotopic (exact) mass is 542 g/mol. The van der Waals surface area contributed by atoms with E-state index in [0.29, 0.717) is 12.2 Å². The minimum atomic E-state index is -6.01. The molecular formula is C24H29F3N4O5S. The van der Waals surface area contributed by atoms with Crippen LogP contribution in [0, 0.1) is 6.92 Å². The van der Waals surface area contributed by atoms with Crippen molar-refractivity contribution in [3.8, 4) is 5.88 Å². The molecular weight excluding hydrogens is 513 g/mol. The van der Waals surface area contributed by atoms with Gasteiger partial charge in [0.25, 0.3) is 0 Å². The van der Waals surface area contributed by atoms with Gasteiger partial charge in [-0.05, 0) is 46.1 Å².